The maximum absolute atomic E-state index is 14.1. The van der Waals surface area contributed by atoms with Crippen LogP contribution in [0.2, 0.25) is 0 Å². The lowest BCUT2D eigenvalue weighted by Crippen LogP contribution is -2.52. The molecule has 148 valence electrons. The van der Waals surface area contributed by atoms with E-state index in [2.05, 4.69) is 5.32 Å². The Morgan fingerprint density at radius 2 is 1.52 bits per heavy atom. The molecule has 0 bridgehead atoms. The van der Waals surface area contributed by atoms with Crippen molar-refractivity contribution in [2.75, 3.05) is 19.7 Å². The van der Waals surface area contributed by atoms with Gasteiger partial charge in [-0.25, -0.2) is 22.0 Å². The van der Waals surface area contributed by atoms with E-state index < -0.39 is 52.8 Å². The molecule has 9 heteroatoms. The SMILES string of the molecule is Cl.O[C@](Cc1c(F)c(F)c(F)c(F)c1F)(c1ccccc1)[C@@H]1CNCCO1. The summed E-state index contributed by atoms with van der Waals surface area (Å²) < 4.78 is 74.1. The van der Waals surface area contributed by atoms with E-state index in [9.17, 15) is 27.1 Å². The largest absolute Gasteiger partial charge is 0.382 e. The highest BCUT2D eigenvalue weighted by Crippen LogP contribution is 2.35. The van der Waals surface area contributed by atoms with Gasteiger partial charge in [0.25, 0.3) is 0 Å². The van der Waals surface area contributed by atoms with Crippen molar-refractivity contribution in [1.82, 2.24) is 5.32 Å². The van der Waals surface area contributed by atoms with Crippen LogP contribution in [-0.4, -0.2) is 30.9 Å². The quantitative estimate of drug-likeness (QED) is 0.463. The van der Waals surface area contributed by atoms with Gasteiger partial charge in [0.05, 0.1) is 6.61 Å². The summed E-state index contributed by atoms with van der Waals surface area (Å²) in [6.45, 7) is 0.904. The van der Waals surface area contributed by atoms with Crippen LogP contribution < -0.4 is 5.32 Å². The van der Waals surface area contributed by atoms with E-state index in [0.29, 0.717) is 6.54 Å². The summed E-state index contributed by atoms with van der Waals surface area (Å²) in [7, 11) is 0. The standard InChI is InChI=1S/C18H16F5NO2.ClH/c19-13-11(14(20)16(22)17(23)15(13)21)8-18(25,10-4-2-1-3-5-10)12-9-24-6-7-26-12;/h1-5,12,24-25H,6-9H2;1H/t12-,18+;/m0./s1. The van der Waals surface area contributed by atoms with E-state index in [1.54, 1.807) is 18.2 Å². The molecular weight excluding hydrogens is 393 g/mol. The minimum atomic E-state index is -2.23. The van der Waals surface area contributed by atoms with Crippen molar-refractivity contribution in [2.45, 2.75) is 18.1 Å². The highest BCUT2D eigenvalue weighted by molar-refractivity contribution is 5.85. The summed E-state index contributed by atoms with van der Waals surface area (Å²) in [5.74, 6) is -10.2. The van der Waals surface area contributed by atoms with Crippen molar-refractivity contribution in [3.8, 4) is 0 Å². The molecule has 2 aromatic carbocycles. The third-order valence-corrected chi connectivity index (χ3v) is 4.48. The second kappa shape index (κ2) is 8.52. The van der Waals surface area contributed by atoms with Crippen LogP contribution in [0.1, 0.15) is 11.1 Å². The van der Waals surface area contributed by atoms with Crippen molar-refractivity contribution in [1.29, 1.82) is 0 Å². The predicted molar refractivity (Wildman–Crippen MR) is 90.1 cm³/mol. The first-order chi connectivity index (χ1) is 12.4. The zero-order valence-corrected chi connectivity index (χ0v) is 14.8. The fourth-order valence-electron chi connectivity index (χ4n) is 3.08. The van der Waals surface area contributed by atoms with Crippen LogP contribution in [0.5, 0.6) is 0 Å². The number of hydrogen-bond donors (Lipinski definition) is 2. The molecule has 2 N–H and O–H groups in total. The lowest BCUT2D eigenvalue weighted by molar-refractivity contribution is -0.125. The number of halogens is 6. The summed E-state index contributed by atoms with van der Waals surface area (Å²) in [5, 5.41) is 14.2. The topological polar surface area (TPSA) is 41.5 Å². The molecule has 0 amide bonds. The fraction of sp³-hybridized carbons (Fsp3) is 0.333. The van der Waals surface area contributed by atoms with Gasteiger partial charge in [0.1, 0.15) is 11.7 Å². The maximum atomic E-state index is 14.1. The lowest BCUT2D eigenvalue weighted by atomic mass is 9.81. The van der Waals surface area contributed by atoms with E-state index in [-0.39, 0.29) is 31.1 Å². The van der Waals surface area contributed by atoms with Crippen LogP contribution in [0, 0.1) is 29.1 Å². The molecular formula is C18H17ClF5NO2. The molecule has 0 spiro atoms. The molecule has 2 aromatic rings. The predicted octanol–water partition coefficient (Wildman–Crippen LogP) is 3.22. The molecule has 0 unspecified atom stereocenters. The molecule has 0 radical (unpaired) electrons. The van der Waals surface area contributed by atoms with Gasteiger partial charge >= 0.3 is 0 Å². The Bertz CT molecular complexity index is 773. The number of benzene rings is 2. The first kappa shape index (κ1) is 21.6. The number of hydrogen-bond acceptors (Lipinski definition) is 3. The Hall–Kier alpha value is -1.74. The Balaban J connectivity index is 0.00000261. The van der Waals surface area contributed by atoms with Crippen LogP contribution in [0.25, 0.3) is 0 Å². The van der Waals surface area contributed by atoms with Gasteiger partial charge in [0.2, 0.25) is 5.82 Å². The van der Waals surface area contributed by atoms with E-state index in [0.717, 1.165) is 0 Å². The second-order valence-corrected chi connectivity index (χ2v) is 6.08. The second-order valence-electron chi connectivity index (χ2n) is 6.08. The van der Waals surface area contributed by atoms with Gasteiger partial charge in [0.15, 0.2) is 23.3 Å². The zero-order chi connectivity index (χ0) is 18.9. The zero-order valence-electron chi connectivity index (χ0n) is 13.9. The van der Waals surface area contributed by atoms with E-state index in [1.807, 2.05) is 0 Å². The molecule has 1 heterocycles. The monoisotopic (exact) mass is 409 g/mol. The van der Waals surface area contributed by atoms with Crippen molar-refractivity contribution in [3.05, 3.63) is 70.5 Å². The molecule has 0 aliphatic carbocycles. The van der Waals surface area contributed by atoms with Gasteiger partial charge in [-0.2, -0.15) is 0 Å². The van der Waals surface area contributed by atoms with Gasteiger partial charge in [-0.05, 0) is 5.56 Å². The summed E-state index contributed by atoms with van der Waals surface area (Å²) >= 11 is 0. The summed E-state index contributed by atoms with van der Waals surface area (Å²) in [5.41, 5.74) is -2.83. The molecule has 1 aliphatic rings. The van der Waals surface area contributed by atoms with Crippen molar-refractivity contribution in [3.63, 3.8) is 0 Å². The van der Waals surface area contributed by atoms with Crippen molar-refractivity contribution >= 4 is 12.4 Å². The van der Waals surface area contributed by atoms with Gasteiger partial charge < -0.3 is 15.2 Å². The minimum absolute atomic E-state index is 0. The Morgan fingerprint density at radius 3 is 2.04 bits per heavy atom. The fourth-order valence-corrected chi connectivity index (χ4v) is 3.08. The van der Waals surface area contributed by atoms with Crippen LogP contribution >= 0.6 is 12.4 Å². The number of ether oxygens (including phenoxy) is 1. The van der Waals surface area contributed by atoms with Gasteiger partial charge in [-0.15, -0.1) is 12.4 Å². The molecule has 2 atom stereocenters. The van der Waals surface area contributed by atoms with E-state index >= 15 is 0 Å². The highest BCUT2D eigenvalue weighted by atomic mass is 35.5. The number of rotatable bonds is 4. The van der Waals surface area contributed by atoms with Crippen LogP contribution in [0.3, 0.4) is 0 Å². The number of aliphatic hydroxyl groups is 1. The molecule has 27 heavy (non-hydrogen) atoms. The summed E-state index contributed by atoms with van der Waals surface area (Å²) in [4.78, 5) is 0. The average molecular weight is 410 g/mol. The van der Waals surface area contributed by atoms with Gasteiger partial charge in [0, 0.05) is 25.1 Å². The highest BCUT2D eigenvalue weighted by Gasteiger charge is 2.43. The van der Waals surface area contributed by atoms with Crippen LogP contribution in [0.15, 0.2) is 30.3 Å². The smallest absolute Gasteiger partial charge is 0.200 e. The number of nitrogens with one attached hydrogen (secondary N) is 1. The van der Waals surface area contributed by atoms with Crippen LogP contribution in [0.4, 0.5) is 22.0 Å². The normalized spacial score (nSPS) is 19.3. The van der Waals surface area contributed by atoms with Crippen molar-refractivity contribution in [2.24, 2.45) is 0 Å². The third-order valence-electron chi connectivity index (χ3n) is 4.48. The van der Waals surface area contributed by atoms with E-state index in [1.165, 1.54) is 12.1 Å². The first-order valence-electron chi connectivity index (χ1n) is 7.96. The molecule has 1 saturated heterocycles. The Labute approximate surface area is 158 Å². The molecule has 1 fully saturated rings. The van der Waals surface area contributed by atoms with Gasteiger partial charge in [-0.1, -0.05) is 30.3 Å². The maximum Gasteiger partial charge on any atom is 0.200 e. The first-order valence-corrected chi connectivity index (χ1v) is 7.96. The summed E-state index contributed by atoms with van der Waals surface area (Å²) in [6, 6.07) is 7.86. The minimum Gasteiger partial charge on any atom is -0.382 e. The average Bonchev–Trinajstić information content (AvgIpc) is 2.69. The Morgan fingerprint density at radius 1 is 0.963 bits per heavy atom. The number of morpholine rings is 1. The lowest BCUT2D eigenvalue weighted by Gasteiger charge is -2.39. The Kier molecular flexibility index (Phi) is 6.80. The third kappa shape index (κ3) is 3.94. The van der Waals surface area contributed by atoms with Crippen LogP contribution in [-0.2, 0) is 16.8 Å². The van der Waals surface area contributed by atoms with Crippen molar-refractivity contribution < 1.29 is 31.8 Å². The molecule has 3 nitrogen and oxygen atoms in total. The molecule has 0 saturated carbocycles. The van der Waals surface area contributed by atoms with Gasteiger partial charge in [-0.3, -0.25) is 0 Å². The molecule has 3 rings (SSSR count). The summed E-state index contributed by atoms with van der Waals surface area (Å²) in [6.07, 6.45) is -1.77. The molecule has 1 aliphatic heterocycles. The van der Waals surface area contributed by atoms with E-state index in [4.69, 9.17) is 4.74 Å². The molecule has 0 aromatic heterocycles.